The molecule has 0 bridgehead atoms. The summed E-state index contributed by atoms with van der Waals surface area (Å²) in [5.41, 5.74) is 2.75. The van der Waals surface area contributed by atoms with E-state index in [1.165, 1.54) is 6.33 Å². The summed E-state index contributed by atoms with van der Waals surface area (Å²) in [6.45, 7) is 4.93. The molecule has 2 heterocycles. The monoisotopic (exact) mass is 262 g/mol. The molecule has 5 heteroatoms. The molecule has 0 saturated heterocycles. The van der Waals surface area contributed by atoms with Gasteiger partial charge in [-0.25, -0.2) is 15.0 Å². The van der Waals surface area contributed by atoms with Gasteiger partial charge >= 0.3 is 0 Å². The number of anilines is 1. The van der Waals surface area contributed by atoms with Crippen LogP contribution >= 0.6 is 11.6 Å². The first-order valence-electron chi connectivity index (χ1n) is 5.96. The van der Waals surface area contributed by atoms with Crippen LogP contribution < -0.4 is 5.32 Å². The Labute approximate surface area is 111 Å². The fourth-order valence-electron chi connectivity index (χ4n) is 1.78. The van der Waals surface area contributed by atoms with Gasteiger partial charge in [0.05, 0.1) is 5.69 Å². The van der Waals surface area contributed by atoms with Gasteiger partial charge in [0.15, 0.2) is 0 Å². The Kier molecular flexibility index (Phi) is 4.10. The van der Waals surface area contributed by atoms with E-state index in [-0.39, 0.29) is 0 Å². The summed E-state index contributed by atoms with van der Waals surface area (Å²) in [6.07, 6.45) is 4.10. The molecule has 0 aliphatic rings. The van der Waals surface area contributed by atoms with E-state index in [9.17, 15) is 0 Å². The highest BCUT2D eigenvalue weighted by Crippen LogP contribution is 2.28. The molecule has 0 atom stereocenters. The zero-order valence-corrected chi connectivity index (χ0v) is 11.2. The number of rotatable bonds is 4. The maximum absolute atomic E-state index is 6.15. The van der Waals surface area contributed by atoms with Crippen molar-refractivity contribution < 1.29 is 0 Å². The van der Waals surface area contributed by atoms with Crippen molar-refractivity contribution in [2.24, 2.45) is 0 Å². The summed E-state index contributed by atoms with van der Waals surface area (Å²) in [5, 5.41) is 3.63. The molecule has 1 N–H and O–H groups in total. The number of nitrogens with zero attached hydrogens (tertiary/aromatic N) is 3. The molecular weight excluding hydrogens is 248 g/mol. The minimum atomic E-state index is 0.472. The van der Waals surface area contributed by atoms with Crippen LogP contribution in [0.15, 0.2) is 24.7 Å². The molecule has 0 unspecified atom stereocenters. The lowest BCUT2D eigenvalue weighted by molar-refractivity contribution is 1.00. The van der Waals surface area contributed by atoms with E-state index in [1.54, 1.807) is 6.20 Å². The van der Waals surface area contributed by atoms with E-state index in [2.05, 4.69) is 20.3 Å². The number of pyridine rings is 1. The van der Waals surface area contributed by atoms with E-state index in [1.807, 2.05) is 26.0 Å². The first-order valence-corrected chi connectivity index (χ1v) is 6.33. The van der Waals surface area contributed by atoms with Crippen molar-refractivity contribution in [3.63, 3.8) is 0 Å². The van der Waals surface area contributed by atoms with Crippen molar-refractivity contribution in [1.82, 2.24) is 15.0 Å². The highest BCUT2D eigenvalue weighted by molar-refractivity contribution is 6.32. The van der Waals surface area contributed by atoms with Crippen LogP contribution in [0.3, 0.4) is 0 Å². The topological polar surface area (TPSA) is 50.7 Å². The Morgan fingerprint density at radius 3 is 2.61 bits per heavy atom. The quantitative estimate of drug-likeness (QED) is 0.860. The predicted molar refractivity (Wildman–Crippen MR) is 73.8 cm³/mol. The SMILES string of the molecule is CCNc1ccc(-c2c(Cl)ncnc2CC)cn1. The Balaban J connectivity index is 2.42. The summed E-state index contributed by atoms with van der Waals surface area (Å²) in [7, 11) is 0. The average Bonchev–Trinajstić information content (AvgIpc) is 2.40. The molecule has 0 aliphatic heterocycles. The Hall–Kier alpha value is -1.68. The normalized spacial score (nSPS) is 10.4. The predicted octanol–water partition coefficient (Wildman–Crippen LogP) is 3.19. The third-order valence-corrected chi connectivity index (χ3v) is 2.91. The highest BCUT2D eigenvalue weighted by atomic mass is 35.5. The number of aromatic nitrogens is 3. The second kappa shape index (κ2) is 5.78. The number of nitrogens with one attached hydrogen (secondary N) is 1. The van der Waals surface area contributed by atoms with Crippen molar-refractivity contribution >= 4 is 17.4 Å². The first-order chi connectivity index (χ1) is 8.76. The molecule has 94 valence electrons. The zero-order valence-electron chi connectivity index (χ0n) is 10.4. The largest absolute Gasteiger partial charge is 0.370 e. The van der Waals surface area contributed by atoms with Crippen molar-refractivity contribution in [2.45, 2.75) is 20.3 Å². The fraction of sp³-hybridized carbons (Fsp3) is 0.308. The van der Waals surface area contributed by atoms with Gasteiger partial charge in [-0.15, -0.1) is 0 Å². The summed E-state index contributed by atoms with van der Waals surface area (Å²) in [4.78, 5) is 12.6. The lowest BCUT2D eigenvalue weighted by Crippen LogP contribution is -2.00. The number of halogens is 1. The van der Waals surface area contributed by atoms with Crippen molar-refractivity contribution in [1.29, 1.82) is 0 Å². The van der Waals surface area contributed by atoms with Crippen LogP contribution in [-0.4, -0.2) is 21.5 Å². The van der Waals surface area contributed by atoms with Crippen LogP contribution in [0.2, 0.25) is 5.15 Å². The maximum atomic E-state index is 6.15. The molecule has 0 aliphatic carbocycles. The lowest BCUT2D eigenvalue weighted by atomic mass is 10.1. The number of hydrogen-bond acceptors (Lipinski definition) is 4. The van der Waals surface area contributed by atoms with Crippen LogP contribution in [0, 0.1) is 0 Å². The van der Waals surface area contributed by atoms with E-state index < -0.39 is 0 Å². The van der Waals surface area contributed by atoms with Crippen LogP contribution in [0.1, 0.15) is 19.5 Å². The second-order valence-electron chi connectivity index (χ2n) is 3.80. The van der Waals surface area contributed by atoms with Gasteiger partial charge in [-0.05, 0) is 25.5 Å². The molecule has 0 fully saturated rings. The molecule has 0 spiro atoms. The number of aryl methyl sites for hydroxylation is 1. The molecule has 0 aromatic carbocycles. The van der Waals surface area contributed by atoms with Crippen LogP contribution in [0.5, 0.6) is 0 Å². The molecular formula is C13H15ClN4. The highest BCUT2D eigenvalue weighted by Gasteiger charge is 2.11. The van der Waals surface area contributed by atoms with E-state index in [0.29, 0.717) is 5.15 Å². The third kappa shape index (κ3) is 2.59. The molecule has 2 rings (SSSR count). The minimum absolute atomic E-state index is 0.472. The molecule has 0 radical (unpaired) electrons. The van der Waals surface area contributed by atoms with E-state index in [0.717, 1.165) is 35.6 Å². The van der Waals surface area contributed by atoms with Gasteiger partial charge in [0.1, 0.15) is 17.3 Å². The van der Waals surface area contributed by atoms with Gasteiger partial charge in [-0.1, -0.05) is 18.5 Å². The summed E-state index contributed by atoms with van der Waals surface area (Å²) < 4.78 is 0. The average molecular weight is 263 g/mol. The Morgan fingerprint density at radius 1 is 1.17 bits per heavy atom. The second-order valence-corrected chi connectivity index (χ2v) is 4.16. The molecule has 0 amide bonds. The molecule has 0 saturated carbocycles. The summed E-state index contributed by atoms with van der Waals surface area (Å²) in [5.74, 6) is 0.854. The van der Waals surface area contributed by atoms with Crippen molar-refractivity contribution in [2.75, 3.05) is 11.9 Å². The van der Waals surface area contributed by atoms with Gasteiger partial charge < -0.3 is 5.32 Å². The van der Waals surface area contributed by atoms with Gasteiger partial charge in [0, 0.05) is 23.9 Å². The van der Waals surface area contributed by atoms with Crippen LogP contribution in [-0.2, 0) is 6.42 Å². The van der Waals surface area contributed by atoms with Crippen molar-refractivity contribution in [3.8, 4) is 11.1 Å². The molecule has 4 nitrogen and oxygen atoms in total. The van der Waals surface area contributed by atoms with E-state index >= 15 is 0 Å². The van der Waals surface area contributed by atoms with Gasteiger partial charge in [-0.2, -0.15) is 0 Å². The van der Waals surface area contributed by atoms with Gasteiger partial charge in [0.25, 0.3) is 0 Å². The molecule has 2 aromatic rings. The van der Waals surface area contributed by atoms with Crippen LogP contribution in [0.25, 0.3) is 11.1 Å². The smallest absolute Gasteiger partial charge is 0.140 e. The van der Waals surface area contributed by atoms with E-state index in [4.69, 9.17) is 11.6 Å². The Bertz CT molecular complexity index is 525. The van der Waals surface area contributed by atoms with Crippen molar-refractivity contribution in [3.05, 3.63) is 35.5 Å². The van der Waals surface area contributed by atoms with Crippen LogP contribution in [0.4, 0.5) is 5.82 Å². The number of hydrogen-bond donors (Lipinski definition) is 1. The third-order valence-electron chi connectivity index (χ3n) is 2.62. The van der Waals surface area contributed by atoms with Gasteiger partial charge in [0.2, 0.25) is 0 Å². The first kappa shape index (κ1) is 12.8. The Morgan fingerprint density at radius 2 is 2.00 bits per heavy atom. The summed E-state index contributed by atoms with van der Waals surface area (Å²) >= 11 is 6.15. The molecule has 18 heavy (non-hydrogen) atoms. The fourth-order valence-corrected chi connectivity index (χ4v) is 2.04. The standard InChI is InChI=1S/C13H15ClN4/c1-3-10-12(13(14)18-8-17-10)9-5-6-11(15-4-2)16-7-9/h5-8H,3-4H2,1-2H3,(H,15,16). The summed E-state index contributed by atoms with van der Waals surface area (Å²) in [6, 6.07) is 3.91. The zero-order chi connectivity index (χ0) is 13.0. The maximum Gasteiger partial charge on any atom is 0.140 e. The lowest BCUT2D eigenvalue weighted by Gasteiger charge is -2.09. The molecule has 2 aromatic heterocycles. The van der Waals surface area contributed by atoms with Gasteiger partial charge in [-0.3, -0.25) is 0 Å². The minimum Gasteiger partial charge on any atom is -0.370 e.